The molecule has 2 aliphatic heterocycles. The number of piperidine rings is 1. The zero-order valence-corrected chi connectivity index (χ0v) is 22.0. The predicted octanol–water partition coefficient (Wildman–Crippen LogP) is 4.10. The molecule has 1 saturated carbocycles. The third-order valence-electron chi connectivity index (χ3n) is 8.75. The lowest BCUT2D eigenvalue weighted by molar-refractivity contribution is -0.148. The monoisotopic (exact) mass is 525 g/mol. The largest absolute Gasteiger partial charge is 0.469 e. The van der Waals surface area contributed by atoms with Crippen molar-refractivity contribution >= 4 is 17.6 Å². The van der Waals surface area contributed by atoms with Crippen molar-refractivity contribution in [2.24, 2.45) is 17.8 Å². The molecular formula is C30H31N5O4. The lowest BCUT2D eigenvalue weighted by Crippen LogP contribution is -2.45. The SMILES string of the molecule is COC(=O)C1[C@@H]2CC[C@H]1CN(c1ncc(-c3ccc4nc(CO)c([C@@H]5O[C@@H](C)c6ccccc65)n4c3)cn1)C2. The van der Waals surface area contributed by atoms with Gasteiger partial charge in [0.15, 0.2) is 0 Å². The Bertz CT molecular complexity index is 1540. The molecule has 3 aromatic heterocycles. The molecule has 0 radical (unpaired) electrons. The molecule has 1 unspecified atom stereocenters. The number of fused-ring (bicyclic) bond motifs is 4. The van der Waals surface area contributed by atoms with Crippen LogP contribution in [0, 0.1) is 17.8 Å². The Labute approximate surface area is 226 Å². The number of methoxy groups -OCH3 is 1. The second-order valence-corrected chi connectivity index (χ2v) is 10.9. The van der Waals surface area contributed by atoms with E-state index in [1.807, 2.05) is 54.2 Å². The number of carbonyl (C=O) groups is 1. The molecular weight excluding hydrogens is 494 g/mol. The third-order valence-corrected chi connectivity index (χ3v) is 8.75. The standard InChI is InChI=1S/C30H31N5O4/c1-17-22-5-3-4-6-23(22)28(39-17)27-24(16-36)33-25-10-9-18(15-35(25)27)21-11-31-30(32-12-21)34-13-19-7-8-20(14-34)26(19)29(37)38-2/h3-6,9-12,15,17,19-20,26,28,36H,7-8,13-14,16H2,1-2H3/t17-,19-,20+,26?,28+/m0/s1. The van der Waals surface area contributed by atoms with Crippen LogP contribution in [0.2, 0.25) is 0 Å². The first-order valence-corrected chi connectivity index (χ1v) is 13.6. The summed E-state index contributed by atoms with van der Waals surface area (Å²) >= 11 is 0. The molecule has 1 aromatic carbocycles. The van der Waals surface area contributed by atoms with E-state index in [9.17, 15) is 9.90 Å². The van der Waals surface area contributed by atoms with Gasteiger partial charge in [0.05, 0.1) is 37.1 Å². The van der Waals surface area contributed by atoms with E-state index in [-0.39, 0.29) is 42.5 Å². The fraction of sp³-hybridized carbons (Fsp3) is 0.400. The van der Waals surface area contributed by atoms with E-state index in [1.165, 1.54) is 7.11 Å². The van der Waals surface area contributed by atoms with Crippen molar-refractivity contribution in [3.8, 4) is 11.1 Å². The van der Waals surface area contributed by atoms with Crippen LogP contribution < -0.4 is 4.90 Å². The molecule has 9 nitrogen and oxygen atoms in total. The van der Waals surface area contributed by atoms with Crippen molar-refractivity contribution in [1.29, 1.82) is 0 Å². The minimum absolute atomic E-state index is 0.00996. The minimum atomic E-state index is -0.314. The van der Waals surface area contributed by atoms with Gasteiger partial charge in [0.1, 0.15) is 11.8 Å². The fourth-order valence-corrected chi connectivity index (χ4v) is 6.90. The van der Waals surface area contributed by atoms with E-state index in [0.29, 0.717) is 11.6 Å². The topological polar surface area (TPSA) is 102 Å². The number of ether oxygens (including phenoxy) is 2. The number of benzene rings is 1. The number of pyridine rings is 1. The summed E-state index contributed by atoms with van der Waals surface area (Å²) in [4.78, 5) is 28.6. The van der Waals surface area contributed by atoms with E-state index < -0.39 is 0 Å². The Morgan fingerprint density at radius 3 is 2.46 bits per heavy atom. The normalized spacial score (nSPS) is 25.7. The van der Waals surface area contributed by atoms with Crippen LogP contribution in [0.1, 0.15) is 54.5 Å². The van der Waals surface area contributed by atoms with Crippen LogP contribution in [0.3, 0.4) is 0 Å². The minimum Gasteiger partial charge on any atom is -0.469 e. The van der Waals surface area contributed by atoms with Gasteiger partial charge in [-0.05, 0) is 54.9 Å². The molecule has 5 atom stereocenters. The predicted molar refractivity (Wildman–Crippen MR) is 144 cm³/mol. The second kappa shape index (κ2) is 9.43. The highest BCUT2D eigenvalue weighted by Crippen LogP contribution is 2.44. The van der Waals surface area contributed by atoms with Gasteiger partial charge in [-0.1, -0.05) is 24.3 Å². The van der Waals surface area contributed by atoms with Gasteiger partial charge in [-0.2, -0.15) is 0 Å². The number of aromatic nitrogens is 4. The van der Waals surface area contributed by atoms with Gasteiger partial charge in [-0.25, -0.2) is 15.0 Å². The average molecular weight is 526 g/mol. The third kappa shape index (κ3) is 3.91. The number of rotatable bonds is 5. The molecule has 9 heteroatoms. The maximum Gasteiger partial charge on any atom is 0.309 e. The number of esters is 1. The van der Waals surface area contributed by atoms with Gasteiger partial charge in [-0.3, -0.25) is 4.79 Å². The molecule has 1 saturated heterocycles. The summed E-state index contributed by atoms with van der Waals surface area (Å²) in [7, 11) is 1.48. The molecule has 200 valence electrons. The summed E-state index contributed by atoms with van der Waals surface area (Å²) in [5.74, 6) is 1.17. The summed E-state index contributed by atoms with van der Waals surface area (Å²) in [5, 5.41) is 10.2. The molecule has 2 bridgehead atoms. The lowest BCUT2D eigenvalue weighted by atomic mass is 9.85. The number of hydrogen-bond donors (Lipinski definition) is 1. The van der Waals surface area contributed by atoms with Crippen molar-refractivity contribution < 1.29 is 19.4 Å². The molecule has 1 aliphatic carbocycles. The van der Waals surface area contributed by atoms with E-state index in [4.69, 9.17) is 24.4 Å². The van der Waals surface area contributed by atoms with E-state index in [1.54, 1.807) is 0 Å². The molecule has 5 heterocycles. The van der Waals surface area contributed by atoms with E-state index in [2.05, 4.69) is 17.0 Å². The summed E-state index contributed by atoms with van der Waals surface area (Å²) in [6.07, 6.45) is 7.44. The van der Waals surface area contributed by atoms with Crippen molar-refractivity contribution in [2.75, 3.05) is 25.1 Å². The molecule has 0 amide bonds. The maximum absolute atomic E-state index is 12.3. The van der Waals surface area contributed by atoms with Crippen LogP contribution in [0.5, 0.6) is 0 Å². The number of aliphatic hydroxyl groups excluding tert-OH is 1. The highest BCUT2D eigenvalue weighted by Gasteiger charge is 2.47. The van der Waals surface area contributed by atoms with Gasteiger partial charge >= 0.3 is 5.97 Å². The fourth-order valence-electron chi connectivity index (χ4n) is 6.90. The summed E-state index contributed by atoms with van der Waals surface area (Å²) in [6, 6.07) is 12.2. The highest BCUT2D eigenvalue weighted by molar-refractivity contribution is 5.74. The first-order chi connectivity index (χ1) is 19.1. The molecule has 4 aromatic rings. The zero-order valence-electron chi connectivity index (χ0n) is 22.0. The number of anilines is 1. The van der Waals surface area contributed by atoms with Crippen LogP contribution in [0.4, 0.5) is 5.95 Å². The molecule has 7 rings (SSSR count). The zero-order chi connectivity index (χ0) is 26.7. The second-order valence-electron chi connectivity index (χ2n) is 10.9. The van der Waals surface area contributed by atoms with Crippen LogP contribution in [-0.4, -0.2) is 50.6 Å². The number of aliphatic hydroxyl groups is 1. The van der Waals surface area contributed by atoms with Gasteiger partial charge in [-0.15, -0.1) is 0 Å². The van der Waals surface area contributed by atoms with Gasteiger partial charge in [0, 0.05) is 42.8 Å². The molecule has 2 fully saturated rings. The number of nitrogens with zero attached hydrogens (tertiary/aromatic N) is 5. The molecule has 0 spiro atoms. The van der Waals surface area contributed by atoms with Crippen LogP contribution in [0.15, 0.2) is 55.0 Å². The Morgan fingerprint density at radius 1 is 1.05 bits per heavy atom. The molecule has 39 heavy (non-hydrogen) atoms. The van der Waals surface area contributed by atoms with Crippen LogP contribution >= 0.6 is 0 Å². The molecule has 3 aliphatic rings. The maximum atomic E-state index is 12.3. The Kier molecular flexibility index (Phi) is 5.86. The van der Waals surface area contributed by atoms with Gasteiger partial charge < -0.3 is 23.9 Å². The Morgan fingerprint density at radius 2 is 1.77 bits per heavy atom. The first kappa shape index (κ1) is 24.2. The number of hydrogen-bond acceptors (Lipinski definition) is 8. The van der Waals surface area contributed by atoms with Crippen molar-refractivity contribution in [2.45, 2.75) is 38.6 Å². The summed E-state index contributed by atoms with van der Waals surface area (Å²) in [6.45, 7) is 3.42. The summed E-state index contributed by atoms with van der Waals surface area (Å²) < 4.78 is 13.5. The lowest BCUT2D eigenvalue weighted by Gasteiger charge is -2.36. The highest BCUT2D eigenvalue weighted by atomic mass is 16.5. The smallest absolute Gasteiger partial charge is 0.309 e. The van der Waals surface area contributed by atoms with Crippen molar-refractivity contribution in [3.63, 3.8) is 0 Å². The molecule has 1 N–H and O–H groups in total. The van der Waals surface area contributed by atoms with Crippen molar-refractivity contribution in [1.82, 2.24) is 19.4 Å². The van der Waals surface area contributed by atoms with Crippen molar-refractivity contribution in [3.05, 3.63) is 77.5 Å². The van der Waals surface area contributed by atoms with E-state index in [0.717, 1.165) is 59.5 Å². The quantitative estimate of drug-likeness (QED) is 0.389. The average Bonchev–Trinajstić information content (AvgIpc) is 3.60. The van der Waals surface area contributed by atoms with E-state index >= 15 is 0 Å². The number of imidazole rings is 1. The van der Waals surface area contributed by atoms with Gasteiger partial charge in [0.2, 0.25) is 5.95 Å². The Hall–Kier alpha value is -3.82. The summed E-state index contributed by atoms with van der Waals surface area (Å²) in [5.41, 5.74) is 6.29. The Balaban J connectivity index is 1.19. The number of carbonyl (C=O) groups excluding carboxylic acids is 1. The van der Waals surface area contributed by atoms with Gasteiger partial charge in [0.25, 0.3) is 0 Å². The first-order valence-electron chi connectivity index (χ1n) is 13.6. The van der Waals surface area contributed by atoms with Crippen LogP contribution in [-0.2, 0) is 20.9 Å². The van der Waals surface area contributed by atoms with Crippen LogP contribution in [0.25, 0.3) is 16.8 Å².